The van der Waals surface area contributed by atoms with Gasteiger partial charge in [0.1, 0.15) is 6.33 Å². The van der Waals surface area contributed by atoms with E-state index in [1.54, 1.807) is 17.0 Å². The van der Waals surface area contributed by atoms with E-state index in [1.807, 2.05) is 6.07 Å². The Kier molecular flexibility index (Phi) is 1.04. The van der Waals surface area contributed by atoms with Crippen LogP contribution in [0.3, 0.4) is 0 Å². The molecular formula is C5H4N4S. The van der Waals surface area contributed by atoms with Crippen LogP contribution in [0.25, 0.3) is 5.65 Å². The Morgan fingerprint density at radius 3 is 3.40 bits per heavy atom. The maximum absolute atomic E-state index is 4.76. The Labute approximate surface area is 61.5 Å². The summed E-state index contributed by atoms with van der Waals surface area (Å²) in [5.74, 6) is 0. The van der Waals surface area contributed by atoms with Crippen molar-refractivity contribution in [3.63, 3.8) is 0 Å². The molecule has 0 spiro atoms. The van der Waals surface area contributed by atoms with E-state index in [1.165, 1.54) is 0 Å². The van der Waals surface area contributed by atoms with Crippen LogP contribution < -0.4 is 0 Å². The van der Waals surface area contributed by atoms with Gasteiger partial charge >= 0.3 is 0 Å². The average molecular weight is 152 g/mol. The van der Waals surface area contributed by atoms with Gasteiger partial charge in [0.05, 0.1) is 0 Å². The zero-order chi connectivity index (χ0) is 6.97. The molecule has 2 aromatic heterocycles. The summed E-state index contributed by atoms with van der Waals surface area (Å²) in [6.07, 6.45) is 3.38. The lowest BCUT2D eigenvalue weighted by molar-refractivity contribution is 0.884. The van der Waals surface area contributed by atoms with Crippen molar-refractivity contribution in [3.05, 3.63) is 23.4 Å². The molecule has 0 aliphatic rings. The van der Waals surface area contributed by atoms with Crippen molar-refractivity contribution in [2.45, 2.75) is 0 Å². The van der Waals surface area contributed by atoms with Gasteiger partial charge in [0.15, 0.2) is 5.65 Å². The molecule has 0 bridgehead atoms. The highest BCUT2D eigenvalue weighted by Crippen LogP contribution is 1.92. The molecule has 2 heterocycles. The molecule has 0 aromatic carbocycles. The van der Waals surface area contributed by atoms with Gasteiger partial charge < -0.3 is 0 Å². The van der Waals surface area contributed by atoms with Gasteiger partial charge in [-0.05, 0) is 12.2 Å². The first-order chi connectivity index (χ1) is 4.86. The molecule has 50 valence electrons. The van der Waals surface area contributed by atoms with Crippen LogP contribution in [0, 0.1) is 4.77 Å². The minimum atomic E-state index is 0.375. The Balaban J connectivity index is 2.99. The van der Waals surface area contributed by atoms with Crippen molar-refractivity contribution < 1.29 is 0 Å². The number of nitrogens with zero attached hydrogens (tertiary/aromatic N) is 3. The van der Waals surface area contributed by atoms with Crippen LogP contribution in [-0.2, 0) is 0 Å². The molecule has 0 atom stereocenters. The molecule has 0 aliphatic carbocycles. The lowest BCUT2D eigenvalue weighted by Gasteiger charge is -1.87. The Morgan fingerprint density at radius 1 is 1.60 bits per heavy atom. The first-order valence-electron chi connectivity index (χ1n) is 2.75. The zero-order valence-electron chi connectivity index (χ0n) is 4.98. The fraction of sp³-hybridized carbons (Fsp3) is 0. The summed E-state index contributed by atoms with van der Waals surface area (Å²) in [5.41, 5.74) is 0.792. The second-order valence-corrected chi connectivity index (χ2v) is 2.19. The second kappa shape index (κ2) is 1.88. The molecule has 0 unspecified atom stereocenters. The molecule has 0 saturated heterocycles. The van der Waals surface area contributed by atoms with Gasteiger partial charge in [-0.2, -0.15) is 4.98 Å². The van der Waals surface area contributed by atoms with Crippen molar-refractivity contribution in [2.75, 3.05) is 0 Å². The van der Waals surface area contributed by atoms with Crippen molar-refractivity contribution in [1.29, 1.82) is 0 Å². The first kappa shape index (κ1) is 5.55. The molecule has 0 amide bonds. The molecule has 0 fully saturated rings. The van der Waals surface area contributed by atoms with E-state index in [2.05, 4.69) is 15.1 Å². The third-order valence-corrected chi connectivity index (χ3v) is 1.38. The van der Waals surface area contributed by atoms with Crippen LogP contribution in [0.2, 0.25) is 0 Å². The fourth-order valence-corrected chi connectivity index (χ4v) is 0.897. The monoisotopic (exact) mass is 152 g/mol. The van der Waals surface area contributed by atoms with Gasteiger partial charge in [-0.25, -0.2) is 9.50 Å². The minimum Gasteiger partial charge on any atom is -0.299 e. The van der Waals surface area contributed by atoms with Gasteiger partial charge in [0.25, 0.3) is 0 Å². The molecule has 0 radical (unpaired) electrons. The van der Waals surface area contributed by atoms with Gasteiger partial charge in [0, 0.05) is 12.3 Å². The highest BCUT2D eigenvalue weighted by molar-refractivity contribution is 7.71. The number of nitrogens with one attached hydrogen (secondary N) is 1. The van der Waals surface area contributed by atoms with E-state index in [0.717, 1.165) is 5.65 Å². The highest BCUT2D eigenvalue weighted by Gasteiger charge is 1.89. The predicted octanol–water partition coefficient (Wildman–Crippen LogP) is 0.787. The van der Waals surface area contributed by atoms with E-state index in [-0.39, 0.29) is 0 Å². The molecular weight excluding hydrogens is 148 g/mol. The van der Waals surface area contributed by atoms with Crippen LogP contribution in [0.1, 0.15) is 0 Å². The molecule has 10 heavy (non-hydrogen) atoms. The van der Waals surface area contributed by atoms with Gasteiger partial charge in [-0.3, -0.25) is 5.10 Å². The Hall–Kier alpha value is -1.23. The third kappa shape index (κ3) is 0.714. The smallest absolute Gasteiger partial charge is 0.222 e. The number of hydrogen-bond acceptors (Lipinski definition) is 3. The van der Waals surface area contributed by atoms with Crippen molar-refractivity contribution in [3.8, 4) is 0 Å². The summed E-state index contributed by atoms with van der Waals surface area (Å²) in [5, 5.41) is 2.89. The van der Waals surface area contributed by atoms with Crippen LogP contribution in [0.5, 0.6) is 0 Å². The van der Waals surface area contributed by atoms with E-state index >= 15 is 0 Å². The summed E-state index contributed by atoms with van der Waals surface area (Å²) in [7, 11) is 0. The first-order valence-corrected chi connectivity index (χ1v) is 3.16. The summed E-state index contributed by atoms with van der Waals surface area (Å²) in [6, 6.07) is 1.83. The standard InChI is InChI=1S/C5H4N4S/c10-5-6-3-9-4(8-5)1-2-7-9/h1-3,7H. The van der Waals surface area contributed by atoms with Crippen molar-refractivity contribution >= 4 is 17.9 Å². The van der Waals surface area contributed by atoms with E-state index < -0.39 is 0 Å². The quantitative estimate of drug-likeness (QED) is 0.567. The maximum Gasteiger partial charge on any atom is 0.222 e. The number of aromatic nitrogens is 4. The lowest BCUT2D eigenvalue weighted by atomic mass is 10.7. The third-order valence-electron chi connectivity index (χ3n) is 1.19. The average Bonchev–Trinajstić information content (AvgIpc) is 2.33. The summed E-state index contributed by atoms with van der Waals surface area (Å²) >= 11 is 4.76. The molecule has 4 nitrogen and oxygen atoms in total. The topological polar surface area (TPSA) is 46.0 Å². The fourth-order valence-electron chi connectivity index (χ4n) is 0.756. The Morgan fingerprint density at radius 2 is 2.50 bits per heavy atom. The van der Waals surface area contributed by atoms with Crippen LogP contribution in [-0.4, -0.2) is 19.6 Å². The second-order valence-electron chi connectivity index (χ2n) is 1.83. The summed E-state index contributed by atoms with van der Waals surface area (Å²) in [4.78, 5) is 7.79. The van der Waals surface area contributed by atoms with Crippen LogP contribution in [0.4, 0.5) is 0 Å². The molecule has 5 heteroatoms. The molecule has 2 rings (SSSR count). The van der Waals surface area contributed by atoms with Gasteiger partial charge in [0.2, 0.25) is 4.77 Å². The number of aromatic amines is 1. The summed E-state index contributed by atoms with van der Waals surface area (Å²) < 4.78 is 2.06. The minimum absolute atomic E-state index is 0.375. The molecule has 0 aliphatic heterocycles. The van der Waals surface area contributed by atoms with Crippen molar-refractivity contribution in [1.82, 2.24) is 19.6 Å². The van der Waals surface area contributed by atoms with Gasteiger partial charge in [-0.1, -0.05) is 0 Å². The van der Waals surface area contributed by atoms with Crippen LogP contribution in [0.15, 0.2) is 18.6 Å². The maximum atomic E-state index is 4.76. The van der Waals surface area contributed by atoms with E-state index in [0.29, 0.717) is 4.77 Å². The number of hydrogen-bond donors (Lipinski definition) is 1. The predicted molar refractivity (Wildman–Crippen MR) is 38.2 cm³/mol. The highest BCUT2D eigenvalue weighted by atomic mass is 32.1. The Bertz CT molecular complexity index is 401. The summed E-state index contributed by atoms with van der Waals surface area (Å²) in [6.45, 7) is 0. The lowest BCUT2D eigenvalue weighted by Crippen LogP contribution is -1.91. The largest absolute Gasteiger partial charge is 0.299 e. The zero-order valence-corrected chi connectivity index (χ0v) is 5.80. The number of H-pyrrole nitrogens is 1. The van der Waals surface area contributed by atoms with Crippen LogP contribution >= 0.6 is 12.2 Å². The molecule has 2 aromatic rings. The van der Waals surface area contributed by atoms with Crippen molar-refractivity contribution in [2.24, 2.45) is 0 Å². The van der Waals surface area contributed by atoms with Gasteiger partial charge in [-0.15, -0.1) is 0 Å². The number of rotatable bonds is 0. The van der Waals surface area contributed by atoms with E-state index in [4.69, 9.17) is 12.2 Å². The molecule has 0 saturated carbocycles. The normalized spacial score (nSPS) is 10.4. The SMILES string of the molecule is S=c1ncn2[nH]ccc2n1. The number of fused-ring (bicyclic) bond motifs is 1. The van der Waals surface area contributed by atoms with E-state index in [9.17, 15) is 0 Å². The molecule has 1 N–H and O–H groups in total.